The minimum atomic E-state index is 0.466. The minimum Gasteiger partial charge on any atom is -0.490 e. The fourth-order valence-electron chi connectivity index (χ4n) is 3.52. The van der Waals surface area contributed by atoms with Crippen molar-refractivity contribution in [2.75, 3.05) is 26.3 Å². The van der Waals surface area contributed by atoms with Crippen LogP contribution in [-0.2, 0) is 6.42 Å². The van der Waals surface area contributed by atoms with Crippen LogP contribution in [0.25, 0.3) is 0 Å². The van der Waals surface area contributed by atoms with E-state index < -0.39 is 0 Å². The van der Waals surface area contributed by atoms with Gasteiger partial charge in [-0.05, 0) is 55.8 Å². The SMILES string of the molecule is CC(C)c1c(CC2CCCNC2)ccc2c1OCCCO2. The maximum absolute atomic E-state index is 6.03. The Morgan fingerprint density at radius 1 is 1.19 bits per heavy atom. The third-order valence-electron chi connectivity index (χ3n) is 4.53. The summed E-state index contributed by atoms with van der Waals surface area (Å²) in [6, 6.07) is 4.37. The average Bonchev–Trinajstić information content (AvgIpc) is 2.73. The Labute approximate surface area is 128 Å². The molecule has 0 amide bonds. The first kappa shape index (κ1) is 14.7. The van der Waals surface area contributed by atoms with Crippen molar-refractivity contribution in [2.45, 2.75) is 45.4 Å². The van der Waals surface area contributed by atoms with Crippen molar-refractivity contribution in [1.82, 2.24) is 5.32 Å². The lowest BCUT2D eigenvalue weighted by Crippen LogP contribution is -2.31. The van der Waals surface area contributed by atoms with Crippen molar-refractivity contribution in [3.8, 4) is 11.5 Å². The van der Waals surface area contributed by atoms with Crippen LogP contribution in [0.2, 0.25) is 0 Å². The molecule has 1 atom stereocenters. The largest absolute Gasteiger partial charge is 0.490 e. The summed E-state index contributed by atoms with van der Waals surface area (Å²) in [5, 5.41) is 3.52. The summed E-state index contributed by atoms with van der Waals surface area (Å²) >= 11 is 0. The van der Waals surface area contributed by atoms with Gasteiger partial charge >= 0.3 is 0 Å². The second-order valence-corrected chi connectivity index (χ2v) is 6.59. The molecule has 0 spiro atoms. The van der Waals surface area contributed by atoms with Crippen LogP contribution in [0, 0.1) is 5.92 Å². The Morgan fingerprint density at radius 3 is 2.81 bits per heavy atom. The van der Waals surface area contributed by atoms with Crippen LogP contribution in [-0.4, -0.2) is 26.3 Å². The summed E-state index contributed by atoms with van der Waals surface area (Å²) in [5.41, 5.74) is 2.81. The normalized spacial score (nSPS) is 22.1. The molecule has 0 saturated carbocycles. The maximum Gasteiger partial charge on any atom is 0.164 e. The number of hydrogen-bond acceptors (Lipinski definition) is 3. The zero-order valence-corrected chi connectivity index (χ0v) is 13.3. The van der Waals surface area contributed by atoms with E-state index in [0.29, 0.717) is 5.92 Å². The molecule has 1 fully saturated rings. The molecule has 21 heavy (non-hydrogen) atoms. The van der Waals surface area contributed by atoms with Gasteiger partial charge in [0.1, 0.15) is 0 Å². The molecule has 2 heterocycles. The first-order chi connectivity index (χ1) is 10.3. The Kier molecular flexibility index (Phi) is 4.69. The van der Waals surface area contributed by atoms with Crippen molar-refractivity contribution < 1.29 is 9.47 Å². The second kappa shape index (κ2) is 6.69. The molecule has 2 aliphatic heterocycles. The molecule has 3 nitrogen and oxygen atoms in total. The fourth-order valence-corrected chi connectivity index (χ4v) is 3.52. The van der Waals surface area contributed by atoms with Gasteiger partial charge in [-0.2, -0.15) is 0 Å². The second-order valence-electron chi connectivity index (χ2n) is 6.59. The molecule has 116 valence electrons. The molecular formula is C18H27NO2. The quantitative estimate of drug-likeness (QED) is 0.923. The summed E-state index contributed by atoms with van der Waals surface area (Å²) in [6.45, 7) is 8.36. The third-order valence-corrected chi connectivity index (χ3v) is 4.53. The van der Waals surface area contributed by atoms with Crippen molar-refractivity contribution in [1.29, 1.82) is 0 Å². The van der Waals surface area contributed by atoms with Crippen LogP contribution in [0.4, 0.5) is 0 Å². The van der Waals surface area contributed by atoms with E-state index in [4.69, 9.17) is 9.47 Å². The molecular weight excluding hydrogens is 262 g/mol. The van der Waals surface area contributed by atoms with E-state index in [1.165, 1.54) is 30.5 Å². The summed E-state index contributed by atoms with van der Waals surface area (Å²) < 4.78 is 11.9. The van der Waals surface area contributed by atoms with Gasteiger partial charge in [-0.25, -0.2) is 0 Å². The molecule has 0 aromatic heterocycles. The highest BCUT2D eigenvalue weighted by Crippen LogP contribution is 2.40. The van der Waals surface area contributed by atoms with Gasteiger partial charge in [0.2, 0.25) is 0 Å². The van der Waals surface area contributed by atoms with Crippen LogP contribution >= 0.6 is 0 Å². The van der Waals surface area contributed by atoms with Crippen molar-refractivity contribution in [3.05, 3.63) is 23.3 Å². The van der Waals surface area contributed by atoms with E-state index in [2.05, 4.69) is 31.3 Å². The van der Waals surface area contributed by atoms with Gasteiger partial charge in [0.25, 0.3) is 0 Å². The van der Waals surface area contributed by atoms with E-state index >= 15 is 0 Å². The van der Waals surface area contributed by atoms with Gasteiger partial charge in [-0.15, -0.1) is 0 Å². The van der Waals surface area contributed by atoms with Gasteiger partial charge in [-0.1, -0.05) is 19.9 Å². The highest BCUT2D eigenvalue weighted by molar-refractivity contribution is 5.52. The van der Waals surface area contributed by atoms with Crippen LogP contribution < -0.4 is 14.8 Å². The van der Waals surface area contributed by atoms with E-state index in [-0.39, 0.29) is 0 Å². The smallest absolute Gasteiger partial charge is 0.164 e. The molecule has 0 bridgehead atoms. The zero-order valence-electron chi connectivity index (χ0n) is 13.3. The third kappa shape index (κ3) is 3.34. The predicted octanol–water partition coefficient (Wildman–Crippen LogP) is 3.51. The molecule has 1 aromatic rings. The Morgan fingerprint density at radius 2 is 2.05 bits per heavy atom. The lowest BCUT2D eigenvalue weighted by molar-refractivity contribution is 0.295. The highest BCUT2D eigenvalue weighted by Gasteiger charge is 2.23. The monoisotopic (exact) mass is 289 g/mol. The summed E-state index contributed by atoms with van der Waals surface area (Å²) in [7, 11) is 0. The summed E-state index contributed by atoms with van der Waals surface area (Å²) in [4.78, 5) is 0. The van der Waals surface area contributed by atoms with Crippen molar-refractivity contribution in [2.24, 2.45) is 5.92 Å². The Hall–Kier alpha value is -1.22. The van der Waals surface area contributed by atoms with Crippen LogP contribution in [0.1, 0.15) is 50.2 Å². The number of nitrogens with one attached hydrogen (secondary N) is 1. The maximum atomic E-state index is 6.03. The van der Waals surface area contributed by atoms with Crippen LogP contribution in [0.15, 0.2) is 12.1 Å². The van der Waals surface area contributed by atoms with Crippen LogP contribution in [0.3, 0.4) is 0 Å². The predicted molar refractivity (Wildman–Crippen MR) is 85.4 cm³/mol. The van der Waals surface area contributed by atoms with Crippen LogP contribution in [0.5, 0.6) is 11.5 Å². The van der Waals surface area contributed by atoms with Gasteiger partial charge in [0.05, 0.1) is 13.2 Å². The Bertz CT molecular complexity index is 478. The number of ether oxygens (including phenoxy) is 2. The highest BCUT2D eigenvalue weighted by atomic mass is 16.5. The van der Waals surface area contributed by atoms with Gasteiger partial charge < -0.3 is 14.8 Å². The van der Waals surface area contributed by atoms with Crippen molar-refractivity contribution >= 4 is 0 Å². The van der Waals surface area contributed by atoms with Gasteiger partial charge in [-0.3, -0.25) is 0 Å². The topological polar surface area (TPSA) is 30.5 Å². The molecule has 1 N–H and O–H groups in total. The first-order valence-corrected chi connectivity index (χ1v) is 8.38. The number of fused-ring (bicyclic) bond motifs is 1. The van der Waals surface area contributed by atoms with E-state index in [0.717, 1.165) is 50.0 Å². The molecule has 1 unspecified atom stereocenters. The lowest BCUT2D eigenvalue weighted by Gasteiger charge is -2.26. The molecule has 1 aromatic carbocycles. The van der Waals surface area contributed by atoms with Crippen molar-refractivity contribution in [3.63, 3.8) is 0 Å². The number of rotatable bonds is 3. The molecule has 1 saturated heterocycles. The summed E-state index contributed by atoms with van der Waals surface area (Å²) in [5.74, 6) is 3.15. The fraction of sp³-hybridized carbons (Fsp3) is 0.667. The van der Waals surface area contributed by atoms with Gasteiger partial charge in [0.15, 0.2) is 11.5 Å². The van der Waals surface area contributed by atoms with E-state index in [9.17, 15) is 0 Å². The zero-order chi connectivity index (χ0) is 14.7. The average molecular weight is 289 g/mol. The first-order valence-electron chi connectivity index (χ1n) is 8.38. The molecule has 0 aliphatic carbocycles. The van der Waals surface area contributed by atoms with E-state index in [1.54, 1.807) is 0 Å². The van der Waals surface area contributed by atoms with E-state index in [1.807, 2.05) is 0 Å². The minimum absolute atomic E-state index is 0.466. The van der Waals surface area contributed by atoms with Gasteiger partial charge in [0, 0.05) is 12.0 Å². The summed E-state index contributed by atoms with van der Waals surface area (Å²) in [6.07, 6.45) is 4.75. The number of hydrogen-bond donors (Lipinski definition) is 1. The molecule has 2 aliphatic rings. The number of benzene rings is 1. The Balaban J connectivity index is 1.90. The number of piperidine rings is 1. The molecule has 3 rings (SSSR count). The molecule has 3 heteroatoms. The molecule has 0 radical (unpaired) electrons. The lowest BCUT2D eigenvalue weighted by atomic mass is 9.86. The standard InChI is InChI=1S/C18H27NO2/c1-13(2)17-15(11-14-5-3-8-19-12-14)6-7-16-18(17)21-10-4-9-20-16/h6-7,13-14,19H,3-5,8-12H2,1-2H3.